The van der Waals surface area contributed by atoms with Gasteiger partial charge < -0.3 is 10.2 Å². The van der Waals surface area contributed by atoms with Crippen molar-refractivity contribution in [2.24, 2.45) is 0 Å². The zero-order chi connectivity index (χ0) is 14.1. The first-order valence-corrected chi connectivity index (χ1v) is 6.55. The van der Waals surface area contributed by atoms with Crippen LogP contribution in [0, 0.1) is 18.3 Å². The minimum atomic E-state index is 0.320. The SMILES string of the molecule is Cc1cc(C#N)nc(Sc2nc3ccc(N)cc3o2)n1. The lowest BCUT2D eigenvalue weighted by Crippen LogP contribution is -1.93. The van der Waals surface area contributed by atoms with Gasteiger partial charge in [-0.25, -0.2) is 15.0 Å². The lowest BCUT2D eigenvalue weighted by Gasteiger charge is -1.97. The fourth-order valence-corrected chi connectivity index (χ4v) is 2.45. The van der Waals surface area contributed by atoms with Crippen LogP contribution >= 0.6 is 11.8 Å². The molecule has 0 aliphatic heterocycles. The molecule has 0 radical (unpaired) electrons. The molecule has 98 valence electrons. The molecule has 1 aromatic carbocycles. The first kappa shape index (κ1) is 12.4. The predicted molar refractivity (Wildman–Crippen MR) is 74.0 cm³/mol. The number of nitrogens with zero attached hydrogens (tertiary/aromatic N) is 4. The molecule has 0 amide bonds. The number of benzene rings is 1. The average Bonchev–Trinajstić information content (AvgIpc) is 2.79. The van der Waals surface area contributed by atoms with Crippen molar-refractivity contribution in [1.29, 1.82) is 5.26 Å². The maximum absolute atomic E-state index is 8.89. The molecule has 0 atom stereocenters. The van der Waals surface area contributed by atoms with Gasteiger partial charge in [0.05, 0.1) is 0 Å². The number of hydrogen-bond acceptors (Lipinski definition) is 7. The van der Waals surface area contributed by atoms with E-state index >= 15 is 0 Å². The molecule has 3 rings (SSSR count). The first-order valence-electron chi connectivity index (χ1n) is 5.74. The largest absolute Gasteiger partial charge is 0.431 e. The zero-order valence-electron chi connectivity index (χ0n) is 10.5. The van der Waals surface area contributed by atoms with Gasteiger partial charge in [0.1, 0.15) is 17.3 Å². The third-order valence-electron chi connectivity index (χ3n) is 2.52. The van der Waals surface area contributed by atoms with Crippen LogP contribution in [0.5, 0.6) is 0 Å². The van der Waals surface area contributed by atoms with E-state index in [1.54, 1.807) is 31.2 Å². The molecule has 0 bridgehead atoms. The van der Waals surface area contributed by atoms with Crippen LogP contribution < -0.4 is 5.73 Å². The second-order valence-electron chi connectivity index (χ2n) is 4.10. The maximum atomic E-state index is 8.89. The van der Waals surface area contributed by atoms with Gasteiger partial charge in [0.15, 0.2) is 10.7 Å². The highest BCUT2D eigenvalue weighted by Gasteiger charge is 2.11. The number of aryl methyl sites for hydroxylation is 1. The predicted octanol–water partition coefficient (Wildman–Crippen LogP) is 2.53. The van der Waals surface area contributed by atoms with Gasteiger partial charge in [-0.05, 0) is 25.1 Å². The van der Waals surface area contributed by atoms with Crippen LogP contribution in [0.25, 0.3) is 11.1 Å². The second kappa shape index (κ2) is 4.83. The fourth-order valence-electron chi connectivity index (χ4n) is 1.69. The summed E-state index contributed by atoms with van der Waals surface area (Å²) in [5, 5.41) is 9.74. The Morgan fingerprint density at radius 2 is 2.10 bits per heavy atom. The fraction of sp³-hybridized carbons (Fsp3) is 0.0769. The third-order valence-corrected chi connectivity index (χ3v) is 3.23. The van der Waals surface area contributed by atoms with E-state index in [1.807, 2.05) is 6.07 Å². The number of anilines is 1. The van der Waals surface area contributed by atoms with Crippen LogP contribution in [-0.4, -0.2) is 15.0 Å². The van der Waals surface area contributed by atoms with Crippen LogP contribution in [-0.2, 0) is 0 Å². The molecule has 0 aliphatic rings. The summed E-state index contributed by atoms with van der Waals surface area (Å²) < 4.78 is 5.58. The number of nitrogen functional groups attached to an aromatic ring is 1. The average molecular weight is 283 g/mol. The molecule has 7 heteroatoms. The van der Waals surface area contributed by atoms with Gasteiger partial charge in [-0.3, -0.25) is 0 Å². The van der Waals surface area contributed by atoms with Crippen molar-refractivity contribution < 1.29 is 4.42 Å². The minimum Gasteiger partial charge on any atom is -0.431 e. The molecule has 0 aliphatic carbocycles. The Balaban J connectivity index is 1.97. The van der Waals surface area contributed by atoms with Crippen molar-refractivity contribution in [1.82, 2.24) is 15.0 Å². The van der Waals surface area contributed by atoms with E-state index in [1.165, 1.54) is 11.8 Å². The van der Waals surface area contributed by atoms with Crippen molar-refractivity contribution in [2.75, 3.05) is 5.73 Å². The number of nitriles is 1. The highest BCUT2D eigenvalue weighted by atomic mass is 32.2. The van der Waals surface area contributed by atoms with E-state index in [9.17, 15) is 0 Å². The van der Waals surface area contributed by atoms with Crippen molar-refractivity contribution in [3.8, 4) is 6.07 Å². The Bertz CT molecular complexity index is 836. The van der Waals surface area contributed by atoms with E-state index in [-0.39, 0.29) is 0 Å². The Labute approximate surface area is 118 Å². The number of hydrogen-bond donors (Lipinski definition) is 1. The lowest BCUT2D eigenvalue weighted by molar-refractivity contribution is 0.489. The third kappa shape index (κ3) is 2.41. The first-order chi connectivity index (χ1) is 9.64. The summed E-state index contributed by atoms with van der Waals surface area (Å²) in [5.41, 5.74) is 8.67. The molecule has 2 N–H and O–H groups in total. The highest BCUT2D eigenvalue weighted by molar-refractivity contribution is 7.98. The van der Waals surface area contributed by atoms with Gasteiger partial charge in [0, 0.05) is 29.2 Å². The van der Waals surface area contributed by atoms with Gasteiger partial charge >= 0.3 is 0 Å². The van der Waals surface area contributed by atoms with Crippen LogP contribution in [0.2, 0.25) is 0 Å². The number of oxazole rings is 1. The monoisotopic (exact) mass is 283 g/mol. The Morgan fingerprint density at radius 1 is 1.25 bits per heavy atom. The summed E-state index contributed by atoms with van der Waals surface area (Å²) in [7, 11) is 0. The lowest BCUT2D eigenvalue weighted by atomic mass is 10.3. The van der Waals surface area contributed by atoms with Crippen molar-refractivity contribution >= 4 is 28.5 Å². The standard InChI is InChI=1S/C13H9N5OS/c1-7-4-9(6-14)17-12(16-7)20-13-18-10-3-2-8(15)5-11(10)19-13/h2-5H,15H2,1H3. The Hall–Kier alpha value is -2.59. The summed E-state index contributed by atoms with van der Waals surface area (Å²) >= 11 is 1.17. The van der Waals surface area contributed by atoms with Crippen molar-refractivity contribution in [3.05, 3.63) is 35.7 Å². The molecule has 3 aromatic rings. The van der Waals surface area contributed by atoms with Crippen LogP contribution in [0.1, 0.15) is 11.4 Å². The smallest absolute Gasteiger partial charge is 0.264 e. The summed E-state index contributed by atoms with van der Waals surface area (Å²) in [4.78, 5) is 12.7. The molecule has 6 nitrogen and oxygen atoms in total. The topological polar surface area (TPSA) is 102 Å². The van der Waals surface area contributed by atoms with Gasteiger partial charge in [0.25, 0.3) is 5.22 Å². The molecule has 0 unspecified atom stereocenters. The van der Waals surface area contributed by atoms with E-state index in [0.29, 0.717) is 27.3 Å². The summed E-state index contributed by atoms with van der Waals surface area (Å²) in [5.74, 6) is 0. The Morgan fingerprint density at radius 3 is 2.90 bits per heavy atom. The molecule has 2 heterocycles. The van der Waals surface area contributed by atoms with Crippen molar-refractivity contribution in [2.45, 2.75) is 17.3 Å². The quantitative estimate of drug-likeness (QED) is 0.569. The molecule has 2 aromatic heterocycles. The molecule has 0 saturated carbocycles. The normalized spacial score (nSPS) is 10.6. The number of fused-ring (bicyclic) bond motifs is 1. The van der Waals surface area contributed by atoms with Gasteiger partial charge in [-0.2, -0.15) is 5.26 Å². The van der Waals surface area contributed by atoms with Crippen LogP contribution in [0.3, 0.4) is 0 Å². The van der Waals surface area contributed by atoms with Gasteiger partial charge in [0.2, 0.25) is 0 Å². The molecule has 0 fully saturated rings. The maximum Gasteiger partial charge on any atom is 0.264 e. The molecule has 0 saturated heterocycles. The van der Waals surface area contributed by atoms with Gasteiger partial charge in [-0.15, -0.1) is 0 Å². The van der Waals surface area contributed by atoms with E-state index < -0.39 is 0 Å². The minimum absolute atomic E-state index is 0.320. The van der Waals surface area contributed by atoms with E-state index in [0.717, 1.165) is 11.2 Å². The summed E-state index contributed by atoms with van der Waals surface area (Å²) in [6, 6.07) is 8.88. The zero-order valence-corrected chi connectivity index (χ0v) is 11.3. The van der Waals surface area contributed by atoms with Crippen molar-refractivity contribution in [3.63, 3.8) is 0 Å². The molecular weight excluding hydrogens is 274 g/mol. The summed E-state index contributed by atoms with van der Waals surface area (Å²) in [6.07, 6.45) is 0. The second-order valence-corrected chi connectivity index (χ2v) is 5.02. The number of rotatable bonds is 2. The molecule has 0 spiro atoms. The molecular formula is C13H9N5OS. The van der Waals surface area contributed by atoms with Crippen LogP contribution in [0.4, 0.5) is 5.69 Å². The van der Waals surface area contributed by atoms with E-state index in [4.69, 9.17) is 15.4 Å². The van der Waals surface area contributed by atoms with Gasteiger partial charge in [-0.1, -0.05) is 0 Å². The Kier molecular flexibility index (Phi) is 3.00. The highest BCUT2D eigenvalue weighted by Crippen LogP contribution is 2.28. The van der Waals surface area contributed by atoms with Crippen LogP contribution in [0.15, 0.2) is 39.1 Å². The number of nitrogens with two attached hydrogens (primary N) is 1. The number of aromatic nitrogens is 3. The summed E-state index contributed by atoms with van der Waals surface area (Å²) in [6.45, 7) is 1.80. The van der Waals surface area contributed by atoms with E-state index in [2.05, 4.69) is 15.0 Å². The molecule has 20 heavy (non-hydrogen) atoms.